The lowest BCUT2D eigenvalue weighted by molar-refractivity contribution is 0.316. The first-order valence-electron chi connectivity index (χ1n) is 8.25. The highest BCUT2D eigenvalue weighted by Gasteiger charge is 2.10. The highest BCUT2D eigenvalue weighted by molar-refractivity contribution is 9.09. The number of rotatable bonds is 9. The van der Waals surface area contributed by atoms with Gasteiger partial charge < -0.3 is 9.47 Å². The van der Waals surface area contributed by atoms with Gasteiger partial charge in [0.15, 0.2) is 0 Å². The summed E-state index contributed by atoms with van der Waals surface area (Å²) in [5, 5.41) is 0.951. The van der Waals surface area contributed by atoms with Gasteiger partial charge in [-0.05, 0) is 67.1 Å². The zero-order chi connectivity index (χ0) is 17.4. The maximum Gasteiger partial charge on any atom is 0.122 e. The molecule has 0 bridgehead atoms. The molecule has 2 aromatic carbocycles. The molecular weight excluding hydrogens is 388 g/mol. The van der Waals surface area contributed by atoms with Gasteiger partial charge in [0.2, 0.25) is 0 Å². The van der Waals surface area contributed by atoms with Crippen molar-refractivity contribution in [3.8, 4) is 22.6 Å². The normalized spacial score (nSPS) is 10.7. The lowest BCUT2D eigenvalue weighted by Gasteiger charge is -2.15. The van der Waals surface area contributed by atoms with Crippen molar-refractivity contribution in [1.29, 1.82) is 0 Å². The van der Waals surface area contributed by atoms with E-state index in [0.717, 1.165) is 35.2 Å². The standard InChI is InChI=1S/C20H24BrClO2/c1-15-8-9-17(23-12-4-10-21)14-19(15)18-6-3-7-20(16(18)2)24-13-5-11-22/h3,6-9,14H,4-5,10-13H2,1-2H3. The number of aryl methyl sites for hydroxylation is 1. The number of alkyl halides is 2. The van der Waals surface area contributed by atoms with E-state index in [2.05, 4.69) is 48.0 Å². The van der Waals surface area contributed by atoms with Gasteiger partial charge in [0.1, 0.15) is 11.5 Å². The molecule has 0 saturated heterocycles. The minimum absolute atomic E-state index is 0.617. The molecule has 2 aromatic rings. The molecule has 0 atom stereocenters. The third-order valence-electron chi connectivity index (χ3n) is 3.87. The van der Waals surface area contributed by atoms with E-state index in [1.54, 1.807) is 0 Å². The summed E-state index contributed by atoms with van der Waals surface area (Å²) in [6.07, 6.45) is 1.84. The van der Waals surface area contributed by atoms with Crippen molar-refractivity contribution < 1.29 is 9.47 Å². The molecule has 0 fully saturated rings. The van der Waals surface area contributed by atoms with E-state index in [1.165, 1.54) is 16.7 Å². The Morgan fingerprint density at radius 3 is 2.50 bits per heavy atom. The molecule has 0 radical (unpaired) electrons. The molecule has 0 saturated carbocycles. The summed E-state index contributed by atoms with van der Waals surface area (Å²) in [6.45, 7) is 5.58. The average Bonchev–Trinajstić information content (AvgIpc) is 2.58. The van der Waals surface area contributed by atoms with Crippen molar-refractivity contribution >= 4 is 27.5 Å². The fourth-order valence-electron chi connectivity index (χ4n) is 2.52. The topological polar surface area (TPSA) is 18.5 Å². The average molecular weight is 412 g/mol. The molecule has 0 aromatic heterocycles. The van der Waals surface area contributed by atoms with E-state index in [4.69, 9.17) is 21.1 Å². The summed E-state index contributed by atoms with van der Waals surface area (Å²) in [5.74, 6) is 2.44. The van der Waals surface area contributed by atoms with Crippen LogP contribution in [0, 0.1) is 13.8 Å². The zero-order valence-corrected chi connectivity index (χ0v) is 16.6. The van der Waals surface area contributed by atoms with Crippen LogP contribution < -0.4 is 9.47 Å². The Hall–Kier alpha value is -1.19. The zero-order valence-electron chi connectivity index (χ0n) is 14.3. The molecule has 0 unspecified atom stereocenters. The van der Waals surface area contributed by atoms with Gasteiger partial charge >= 0.3 is 0 Å². The third kappa shape index (κ3) is 5.15. The Morgan fingerprint density at radius 2 is 1.75 bits per heavy atom. The van der Waals surface area contributed by atoms with Crippen LogP contribution in [-0.2, 0) is 0 Å². The molecule has 0 spiro atoms. The predicted octanol–water partition coefficient (Wildman–Crippen LogP) is 6.14. The lowest BCUT2D eigenvalue weighted by Crippen LogP contribution is -2.01. The minimum Gasteiger partial charge on any atom is -0.494 e. The molecule has 2 rings (SSSR count). The number of halogens is 2. The van der Waals surface area contributed by atoms with Crippen LogP contribution in [0.15, 0.2) is 36.4 Å². The molecule has 24 heavy (non-hydrogen) atoms. The van der Waals surface area contributed by atoms with Crippen molar-refractivity contribution in [2.45, 2.75) is 26.7 Å². The fraction of sp³-hybridized carbons (Fsp3) is 0.400. The van der Waals surface area contributed by atoms with Crippen LogP contribution in [0.1, 0.15) is 24.0 Å². The summed E-state index contributed by atoms with van der Waals surface area (Å²) in [7, 11) is 0. The van der Waals surface area contributed by atoms with E-state index in [-0.39, 0.29) is 0 Å². The van der Waals surface area contributed by atoms with Crippen LogP contribution >= 0.6 is 27.5 Å². The van der Waals surface area contributed by atoms with Crippen LogP contribution in [0.2, 0.25) is 0 Å². The van der Waals surface area contributed by atoms with Crippen molar-refractivity contribution in [3.05, 3.63) is 47.5 Å². The smallest absolute Gasteiger partial charge is 0.122 e. The molecule has 4 heteroatoms. The quantitative estimate of drug-likeness (QED) is 0.364. The number of hydrogen-bond donors (Lipinski definition) is 0. The Balaban J connectivity index is 2.26. The molecule has 0 aliphatic rings. The van der Waals surface area contributed by atoms with Crippen LogP contribution in [0.3, 0.4) is 0 Å². The van der Waals surface area contributed by atoms with Crippen LogP contribution in [0.5, 0.6) is 11.5 Å². The van der Waals surface area contributed by atoms with Gasteiger partial charge in [-0.25, -0.2) is 0 Å². The van der Waals surface area contributed by atoms with E-state index in [0.29, 0.717) is 19.1 Å². The molecule has 0 heterocycles. The Kier molecular flexibility index (Phi) is 7.93. The number of benzene rings is 2. The summed E-state index contributed by atoms with van der Waals surface area (Å²) in [6, 6.07) is 12.4. The molecule has 0 N–H and O–H groups in total. The summed E-state index contributed by atoms with van der Waals surface area (Å²) in [4.78, 5) is 0. The van der Waals surface area contributed by atoms with Crippen molar-refractivity contribution in [1.82, 2.24) is 0 Å². The molecule has 130 valence electrons. The van der Waals surface area contributed by atoms with Crippen molar-refractivity contribution in [2.24, 2.45) is 0 Å². The first-order valence-corrected chi connectivity index (χ1v) is 9.91. The minimum atomic E-state index is 0.617. The van der Waals surface area contributed by atoms with E-state index in [1.807, 2.05) is 18.2 Å². The fourth-order valence-corrected chi connectivity index (χ4v) is 2.86. The Labute approximate surface area is 158 Å². The summed E-state index contributed by atoms with van der Waals surface area (Å²) < 4.78 is 11.7. The van der Waals surface area contributed by atoms with Gasteiger partial charge in [0.25, 0.3) is 0 Å². The van der Waals surface area contributed by atoms with E-state index < -0.39 is 0 Å². The first-order chi connectivity index (χ1) is 11.7. The summed E-state index contributed by atoms with van der Waals surface area (Å²) in [5.41, 5.74) is 4.74. The van der Waals surface area contributed by atoms with Gasteiger partial charge in [-0.2, -0.15) is 0 Å². The first kappa shape index (κ1) is 19.1. The monoisotopic (exact) mass is 410 g/mol. The SMILES string of the molecule is Cc1ccc(OCCCBr)cc1-c1cccc(OCCCCl)c1C. The van der Waals surface area contributed by atoms with Crippen molar-refractivity contribution in [3.63, 3.8) is 0 Å². The van der Waals surface area contributed by atoms with Gasteiger partial charge in [-0.1, -0.05) is 34.1 Å². The number of ether oxygens (including phenoxy) is 2. The van der Waals surface area contributed by atoms with Crippen molar-refractivity contribution in [2.75, 3.05) is 24.4 Å². The molecule has 2 nitrogen and oxygen atoms in total. The number of hydrogen-bond acceptors (Lipinski definition) is 2. The van der Waals surface area contributed by atoms with Crippen LogP contribution in [-0.4, -0.2) is 24.4 Å². The van der Waals surface area contributed by atoms with E-state index in [9.17, 15) is 0 Å². The predicted molar refractivity (Wildman–Crippen MR) is 106 cm³/mol. The maximum atomic E-state index is 5.87. The Bertz CT molecular complexity index is 658. The van der Waals surface area contributed by atoms with Gasteiger partial charge in [0.05, 0.1) is 13.2 Å². The maximum absolute atomic E-state index is 5.87. The molecule has 0 amide bonds. The van der Waals surface area contributed by atoms with Crippen LogP contribution in [0.4, 0.5) is 0 Å². The third-order valence-corrected chi connectivity index (χ3v) is 4.69. The van der Waals surface area contributed by atoms with Gasteiger partial charge in [-0.15, -0.1) is 11.6 Å². The largest absolute Gasteiger partial charge is 0.494 e. The molecule has 0 aliphatic heterocycles. The molecule has 0 aliphatic carbocycles. The van der Waals surface area contributed by atoms with E-state index >= 15 is 0 Å². The molecular formula is C20H24BrClO2. The van der Waals surface area contributed by atoms with Crippen LogP contribution in [0.25, 0.3) is 11.1 Å². The summed E-state index contributed by atoms with van der Waals surface area (Å²) >= 11 is 9.15. The lowest BCUT2D eigenvalue weighted by atomic mass is 9.96. The highest BCUT2D eigenvalue weighted by Crippen LogP contribution is 2.34. The van der Waals surface area contributed by atoms with Gasteiger partial charge in [0, 0.05) is 11.2 Å². The Morgan fingerprint density at radius 1 is 0.958 bits per heavy atom. The highest BCUT2D eigenvalue weighted by atomic mass is 79.9. The second-order valence-electron chi connectivity index (χ2n) is 5.69. The second-order valence-corrected chi connectivity index (χ2v) is 6.86. The second kappa shape index (κ2) is 9.95. The van der Waals surface area contributed by atoms with Gasteiger partial charge in [-0.3, -0.25) is 0 Å².